The number of allylic oxidation sites excluding steroid dienone is 2. The van der Waals surface area contributed by atoms with Crippen molar-refractivity contribution >= 4 is 69.2 Å². The summed E-state index contributed by atoms with van der Waals surface area (Å²) in [5.74, 6) is 0.724. The third-order valence-electron chi connectivity index (χ3n) is 14.3. The zero-order valence-corrected chi connectivity index (χ0v) is 45.0. The van der Waals surface area contributed by atoms with Crippen molar-refractivity contribution in [2.75, 3.05) is 37.6 Å². The monoisotopic (exact) mass is 1100 g/mol. The fourth-order valence-corrected chi connectivity index (χ4v) is 9.58. The number of aromatic carboxylic acids is 1. The second-order valence-electron chi connectivity index (χ2n) is 20.5. The summed E-state index contributed by atoms with van der Waals surface area (Å²) in [4.78, 5) is 58.0. The van der Waals surface area contributed by atoms with Crippen LogP contribution >= 0.6 is 0 Å². The Kier molecular flexibility index (Phi) is 20.4. The lowest BCUT2D eigenvalue weighted by atomic mass is 9.95. The molecule has 81 heavy (non-hydrogen) atoms. The van der Waals surface area contributed by atoms with Gasteiger partial charge in [-0.3, -0.25) is 14.4 Å². The van der Waals surface area contributed by atoms with Crippen LogP contribution in [-0.4, -0.2) is 75.8 Å². The predicted octanol–water partition coefficient (Wildman–Crippen LogP) is 14.0. The molecule has 2 aliphatic heterocycles. The minimum absolute atomic E-state index is 0. The van der Waals surface area contributed by atoms with E-state index in [0.717, 1.165) is 78.1 Å². The zero-order valence-electron chi connectivity index (χ0n) is 45.0. The molecule has 16 heteroatoms. The standard InChI is InChI=1S/C32H30F3N3O3.C26H22N2O4.C6H13N.CH4/c1-20-16-24(22-4-6-23(7-5-22)31(40)38-14-12-26(13-15-38)32(33,34)35)17-25-18-28(41-30(20)25)10-9-27(39)8-2-21-3-11-29(36)37-19-21;1-16-12-20(18-4-6-19(7-5-18)26(30)31)13-21-14-23(32-25(16)21)10-9-22(29)8-2-17-3-11-24(27)28-15-17;1-6-2-4-7-5-3-6;/h2-8,11,16-19,26H,9-10,12-15H2,1H3,(H2,36,37);2-8,11-15H,9-10H2,1H3,(H2,27,28)(H,30,31);6-7H,2-5H2,1H3;1H4/b2*8-2+;;. The zero-order chi connectivity index (χ0) is 56.9. The molecule has 4 aromatic heterocycles. The molecule has 2 aliphatic rings. The fraction of sp³-hybridized carbons (Fsp3) is 0.292. The number of nitrogens with zero attached hydrogens (tertiary/aromatic N) is 3. The van der Waals surface area contributed by atoms with E-state index in [-0.39, 0.29) is 56.4 Å². The molecule has 0 radical (unpaired) electrons. The number of nitrogen functional groups attached to an aromatic ring is 2. The predicted molar refractivity (Wildman–Crippen MR) is 314 cm³/mol. The number of anilines is 2. The molecule has 1 amide bonds. The molecule has 0 atom stereocenters. The van der Waals surface area contributed by atoms with E-state index in [1.807, 2.05) is 62.4 Å². The molecule has 0 bridgehead atoms. The van der Waals surface area contributed by atoms with E-state index < -0.39 is 18.1 Å². The molecule has 10 rings (SSSR count). The van der Waals surface area contributed by atoms with E-state index in [1.165, 1.54) is 36.9 Å². The molecule has 6 N–H and O–H groups in total. The number of hydrogen-bond acceptors (Lipinski definition) is 11. The highest BCUT2D eigenvalue weighted by molar-refractivity contribution is 5.96. The van der Waals surface area contributed by atoms with E-state index in [9.17, 15) is 32.3 Å². The van der Waals surface area contributed by atoms with Crippen LogP contribution < -0.4 is 16.8 Å². The number of nitrogens with one attached hydrogen (secondary N) is 1. The van der Waals surface area contributed by atoms with Crippen molar-refractivity contribution in [3.05, 3.63) is 179 Å². The van der Waals surface area contributed by atoms with Gasteiger partial charge >= 0.3 is 12.1 Å². The topological polar surface area (TPSA) is 208 Å². The summed E-state index contributed by atoms with van der Waals surface area (Å²) in [5.41, 5.74) is 20.7. The van der Waals surface area contributed by atoms with Crippen LogP contribution in [0.1, 0.15) is 107 Å². The van der Waals surface area contributed by atoms with Gasteiger partial charge in [0, 0.05) is 67.5 Å². The van der Waals surface area contributed by atoms with E-state index in [4.69, 9.17) is 25.4 Å². The van der Waals surface area contributed by atoms with Crippen LogP contribution in [0.25, 0.3) is 56.3 Å². The Morgan fingerprint density at radius 1 is 0.642 bits per heavy atom. The lowest BCUT2D eigenvalue weighted by Crippen LogP contribution is -2.42. The molecule has 8 aromatic rings. The second-order valence-corrected chi connectivity index (χ2v) is 20.5. The summed E-state index contributed by atoms with van der Waals surface area (Å²) in [5, 5.41) is 14.3. The summed E-state index contributed by atoms with van der Waals surface area (Å²) in [6.45, 7) is 8.93. The van der Waals surface area contributed by atoms with Gasteiger partial charge in [0.1, 0.15) is 34.3 Å². The van der Waals surface area contributed by atoms with Gasteiger partial charge in [0.2, 0.25) is 0 Å². The molecule has 2 saturated heterocycles. The summed E-state index contributed by atoms with van der Waals surface area (Å²) in [7, 11) is 0. The van der Waals surface area contributed by atoms with E-state index >= 15 is 0 Å². The van der Waals surface area contributed by atoms with Crippen molar-refractivity contribution < 1.29 is 46.3 Å². The van der Waals surface area contributed by atoms with Crippen molar-refractivity contribution in [2.45, 2.75) is 85.7 Å². The highest BCUT2D eigenvalue weighted by Gasteiger charge is 2.41. The van der Waals surface area contributed by atoms with Crippen LogP contribution in [0.5, 0.6) is 0 Å². The molecule has 0 aliphatic carbocycles. The van der Waals surface area contributed by atoms with Gasteiger partial charge in [-0.25, -0.2) is 14.8 Å². The molecule has 0 saturated carbocycles. The van der Waals surface area contributed by atoms with Crippen LogP contribution in [0.3, 0.4) is 0 Å². The van der Waals surface area contributed by atoms with E-state index in [2.05, 4.69) is 22.2 Å². The molecular formula is C65H69F3N6O7. The van der Waals surface area contributed by atoms with Crippen LogP contribution in [0.4, 0.5) is 24.8 Å². The number of nitrogens with two attached hydrogens (primary N) is 2. The highest BCUT2D eigenvalue weighted by atomic mass is 19.4. The summed E-state index contributed by atoms with van der Waals surface area (Å²) in [6, 6.07) is 32.8. The number of fused-ring (bicyclic) bond motifs is 2. The number of carbonyl (C=O) groups is 4. The maximum Gasteiger partial charge on any atom is 0.391 e. The molecule has 6 heterocycles. The Morgan fingerprint density at radius 2 is 1.09 bits per heavy atom. The first-order valence-corrected chi connectivity index (χ1v) is 26.8. The Balaban J connectivity index is 0.000000210. The lowest BCUT2D eigenvalue weighted by Gasteiger charge is -2.33. The SMILES string of the molecule is C.CC1CCNCC1.Cc1cc(-c2ccc(C(=O)N3CCC(C(F)(F)F)CC3)cc2)cc2cc(CCC(=O)/C=C/c3ccc(N)nc3)oc12.Cc1cc(-c2ccc(C(=O)O)cc2)cc2cc(CCC(=O)/C=C/c3ccc(N)nc3)oc12. The number of piperidine rings is 2. The minimum Gasteiger partial charge on any atom is -0.478 e. The lowest BCUT2D eigenvalue weighted by molar-refractivity contribution is -0.183. The number of hydrogen-bond donors (Lipinski definition) is 4. The Hall–Kier alpha value is -8.63. The first-order chi connectivity index (χ1) is 38.3. The molecule has 13 nitrogen and oxygen atoms in total. The number of carboxylic acids is 1. The molecular weight excluding hydrogens is 1030 g/mol. The summed E-state index contributed by atoms with van der Waals surface area (Å²) in [6.07, 6.45) is 9.73. The number of amides is 1. The van der Waals surface area contributed by atoms with Crippen LogP contribution in [0.15, 0.2) is 143 Å². The molecule has 0 unspecified atom stereocenters. The normalized spacial score (nSPS) is 14.1. The highest BCUT2D eigenvalue weighted by Crippen LogP contribution is 2.36. The molecule has 422 valence electrons. The number of furan rings is 2. The maximum atomic E-state index is 13.0. The average molecular weight is 1100 g/mol. The number of aromatic nitrogens is 2. The van der Waals surface area contributed by atoms with Gasteiger partial charge in [-0.15, -0.1) is 0 Å². The average Bonchev–Trinajstić information content (AvgIpc) is 4.21. The van der Waals surface area contributed by atoms with Crippen LogP contribution in [0, 0.1) is 25.7 Å². The minimum atomic E-state index is -4.21. The van der Waals surface area contributed by atoms with Crippen molar-refractivity contribution in [3.63, 3.8) is 0 Å². The Bertz CT molecular complexity index is 3500. The van der Waals surface area contributed by atoms with Gasteiger partial charge in [-0.2, -0.15) is 13.2 Å². The van der Waals surface area contributed by atoms with Crippen molar-refractivity contribution in [2.24, 2.45) is 11.8 Å². The number of rotatable bonds is 14. The van der Waals surface area contributed by atoms with Gasteiger partial charge in [-0.1, -0.05) is 38.6 Å². The second kappa shape index (κ2) is 27.5. The summed E-state index contributed by atoms with van der Waals surface area (Å²) >= 11 is 0. The number of benzene rings is 4. The Morgan fingerprint density at radius 3 is 1.47 bits per heavy atom. The number of carbonyl (C=O) groups excluding carboxylic acids is 3. The smallest absolute Gasteiger partial charge is 0.391 e. The number of ketones is 2. The molecule has 2 fully saturated rings. The quantitative estimate of drug-likeness (QED) is 0.0750. The van der Waals surface area contributed by atoms with Crippen molar-refractivity contribution in [1.29, 1.82) is 0 Å². The van der Waals surface area contributed by atoms with Crippen molar-refractivity contribution in [3.8, 4) is 22.3 Å². The largest absolute Gasteiger partial charge is 0.478 e. The number of carboxylic acid groups (broad SMARTS) is 1. The van der Waals surface area contributed by atoms with Gasteiger partial charge in [-0.05, 0) is 212 Å². The number of likely N-dealkylation sites (tertiary alicyclic amines) is 1. The first kappa shape index (κ1) is 60.0. The van der Waals surface area contributed by atoms with Crippen LogP contribution in [-0.2, 0) is 22.4 Å². The molecule has 4 aromatic carbocycles. The maximum absolute atomic E-state index is 13.0. The van der Waals surface area contributed by atoms with Gasteiger partial charge in [0.25, 0.3) is 5.91 Å². The third kappa shape index (κ3) is 16.7. The number of alkyl halides is 3. The van der Waals surface area contributed by atoms with Crippen molar-refractivity contribution in [1.82, 2.24) is 20.2 Å². The first-order valence-electron chi connectivity index (χ1n) is 26.8. The number of halogens is 3. The van der Waals surface area contributed by atoms with Gasteiger partial charge in [0.15, 0.2) is 11.6 Å². The van der Waals surface area contributed by atoms with E-state index in [1.54, 1.807) is 91.3 Å². The Labute approximate surface area is 470 Å². The van der Waals surface area contributed by atoms with E-state index in [0.29, 0.717) is 48.6 Å². The van der Waals surface area contributed by atoms with Crippen LogP contribution in [0.2, 0.25) is 0 Å². The molecule has 0 spiro atoms. The van der Waals surface area contributed by atoms with Gasteiger partial charge < -0.3 is 35.6 Å². The van der Waals surface area contributed by atoms with Gasteiger partial charge in [0.05, 0.1) is 11.5 Å². The summed E-state index contributed by atoms with van der Waals surface area (Å²) < 4.78 is 50.9. The number of pyridine rings is 2. The third-order valence-corrected chi connectivity index (χ3v) is 14.3. The fourth-order valence-electron chi connectivity index (χ4n) is 9.58. The number of aryl methyl sites for hydroxylation is 4.